The number of hydrogen-bond donors (Lipinski definition) is 0. The smallest absolute Gasteiger partial charge is 0.442 e. The third kappa shape index (κ3) is 33.7. The highest BCUT2D eigenvalue weighted by Gasteiger charge is 2.47. The van der Waals surface area contributed by atoms with Crippen LogP contribution < -0.4 is 0 Å². The standard InChI is InChI=1S/C16H42O4Si4.C9H28O4Si4.2C2H6/c1-9-11-12-13-14-15-16-23(7,18-21-3)20-24(8,17-10-2)19-22(4,5)6;1-9-10-17(8,12-15(3,4)5)13-16(6,7)11-14-2;2*1-2/h9-16,21H2,1-8H3;9,14H2,1-8H3;2*1-2H3. The molecule has 0 aliphatic carbocycles. The minimum Gasteiger partial charge on any atom is -0.442 e. The summed E-state index contributed by atoms with van der Waals surface area (Å²) in [5.41, 5.74) is 0. The molecule has 0 bridgehead atoms. The summed E-state index contributed by atoms with van der Waals surface area (Å²) in [6, 6.07) is 1.06. The molecule has 0 aromatic heterocycles. The normalized spacial score (nSPS) is 16.5. The van der Waals surface area contributed by atoms with Gasteiger partial charge in [-0.15, -0.1) is 0 Å². The van der Waals surface area contributed by atoms with Crippen molar-refractivity contribution in [2.75, 3.05) is 13.2 Å². The lowest BCUT2D eigenvalue weighted by Crippen LogP contribution is -2.57. The Kier molecular flexibility index (Phi) is 33.3. The molecule has 45 heavy (non-hydrogen) atoms. The Morgan fingerprint density at radius 3 is 1.20 bits per heavy atom. The maximum atomic E-state index is 6.59. The second kappa shape index (κ2) is 28.1. The van der Waals surface area contributed by atoms with Gasteiger partial charge < -0.3 is 33.5 Å². The van der Waals surface area contributed by atoms with Crippen molar-refractivity contribution in [3.63, 3.8) is 0 Å². The molecule has 278 valence electrons. The van der Waals surface area contributed by atoms with Crippen LogP contribution in [-0.4, -0.2) is 84.1 Å². The Bertz CT molecular complexity index is 671. The predicted octanol–water partition coefficient (Wildman–Crippen LogP) is 9.40. The molecule has 0 saturated carbocycles. The van der Waals surface area contributed by atoms with Gasteiger partial charge in [-0.05, 0) is 78.8 Å². The first-order chi connectivity index (χ1) is 20.6. The van der Waals surface area contributed by atoms with Crippen LogP contribution in [-0.2, 0) is 33.5 Å². The fourth-order valence-corrected chi connectivity index (χ4v) is 32.0. The van der Waals surface area contributed by atoms with Crippen molar-refractivity contribution in [1.82, 2.24) is 0 Å². The van der Waals surface area contributed by atoms with Gasteiger partial charge in [0, 0.05) is 26.3 Å². The second-order valence-electron chi connectivity index (χ2n) is 13.1. The first kappa shape index (κ1) is 53.2. The lowest BCUT2D eigenvalue weighted by atomic mass is 10.1. The van der Waals surface area contributed by atoms with E-state index < -0.39 is 70.9 Å². The molecule has 0 rings (SSSR count). The maximum Gasteiger partial charge on any atom is 0.478 e. The van der Waals surface area contributed by atoms with Gasteiger partial charge in [-0.3, -0.25) is 0 Å². The van der Waals surface area contributed by atoms with Crippen LogP contribution in [0.4, 0.5) is 0 Å². The fraction of sp³-hybridized carbons (Fsp3) is 1.00. The van der Waals surface area contributed by atoms with E-state index in [1.54, 1.807) is 0 Å². The van der Waals surface area contributed by atoms with Crippen molar-refractivity contribution in [2.45, 2.75) is 178 Å². The Hall–Kier alpha value is 1.42. The van der Waals surface area contributed by atoms with E-state index in [-0.39, 0.29) is 0 Å². The van der Waals surface area contributed by atoms with E-state index in [9.17, 15) is 0 Å². The molecule has 3 unspecified atom stereocenters. The molecule has 0 amide bonds. The summed E-state index contributed by atoms with van der Waals surface area (Å²) in [6.45, 7) is 43.3. The molecule has 0 aromatic rings. The zero-order chi connectivity index (χ0) is 36.4. The Labute approximate surface area is 294 Å². The van der Waals surface area contributed by atoms with Crippen LogP contribution in [0, 0.1) is 0 Å². The van der Waals surface area contributed by atoms with Gasteiger partial charge in [0.05, 0.1) is 0 Å². The maximum absolute atomic E-state index is 6.59. The fourth-order valence-electron chi connectivity index (χ4n) is 4.70. The average Bonchev–Trinajstić information content (AvgIpc) is 2.86. The van der Waals surface area contributed by atoms with Gasteiger partial charge in [0.2, 0.25) is 0 Å². The van der Waals surface area contributed by atoms with E-state index in [1.807, 2.05) is 48.1 Å². The molecular formula is C29H82O8Si8. The zero-order valence-electron chi connectivity index (χ0n) is 34.0. The van der Waals surface area contributed by atoms with E-state index in [0.717, 1.165) is 6.04 Å². The van der Waals surface area contributed by atoms with E-state index in [2.05, 4.69) is 85.5 Å². The molecule has 16 heteroatoms. The average molecular weight is 784 g/mol. The Morgan fingerprint density at radius 1 is 0.467 bits per heavy atom. The molecule has 0 heterocycles. The summed E-state index contributed by atoms with van der Waals surface area (Å²) < 4.78 is 49.2. The van der Waals surface area contributed by atoms with Crippen LogP contribution >= 0.6 is 0 Å². The quantitative estimate of drug-likeness (QED) is 0.0751. The van der Waals surface area contributed by atoms with Crippen molar-refractivity contribution in [3.05, 3.63) is 0 Å². The van der Waals surface area contributed by atoms with Crippen LogP contribution in [0.1, 0.15) is 87.0 Å². The van der Waals surface area contributed by atoms with Gasteiger partial charge in [-0.25, -0.2) is 0 Å². The van der Waals surface area contributed by atoms with Crippen LogP contribution in [0.5, 0.6) is 0 Å². The highest BCUT2D eigenvalue weighted by molar-refractivity contribution is 6.85. The monoisotopic (exact) mass is 782 g/mol. The summed E-state index contributed by atoms with van der Waals surface area (Å²) in [4.78, 5) is 0. The van der Waals surface area contributed by atoms with E-state index in [1.165, 1.54) is 38.5 Å². The van der Waals surface area contributed by atoms with Crippen molar-refractivity contribution in [2.24, 2.45) is 0 Å². The summed E-state index contributed by atoms with van der Waals surface area (Å²) in [5, 5.41) is 0. The Balaban J connectivity index is -0.000000351. The van der Waals surface area contributed by atoms with Crippen LogP contribution in [0.15, 0.2) is 0 Å². The molecule has 0 aromatic carbocycles. The van der Waals surface area contributed by atoms with Crippen LogP contribution in [0.3, 0.4) is 0 Å². The van der Waals surface area contributed by atoms with Gasteiger partial charge in [0.1, 0.15) is 19.5 Å². The SMILES string of the molecule is CC.CC.CCCCCCCC[Si](C)(O[SiH2]C)O[Si](C)(OCC)O[Si](C)(C)C.CCO[Si](C)(O[Si](C)(C)C)O[Si](C)(C)O[SiH2]C. The first-order valence-electron chi connectivity index (χ1n) is 18.0. The molecule has 0 spiro atoms. The van der Waals surface area contributed by atoms with Gasteiger partial charge in [0.15, 0.2) is 16.6 Å². The molecule has 0 aliphatic rings. The first-order valence-corrected chi connectivity index (χ1v) is 38.6. The molecular weight excluding hydrogens is 701 g/mol. The van der Waals surface area contributed by atoms with Crippen molar-refractivity contribution < 1.29 is 33.5 Å². The highest BCUT2D eigenvalue weighted by Crippen LogP contribution is 2.27. The van der Waals surface area contributed by atoms with Gasteiger partial charge >= 0.3 is 34.7 Å². The Morgan fingerprint density at radius 2 is 0.844 bits per heavy atom. The van der Waals surface area contributed by atoms with Crippen molar-refractivity contribution >= 4 is 70.9 Å². The molecule has 0 aliphatic heterocycles. The summed E-state index contributed by atoms with van der Waals surface area (Å²) >= 11 is 0. The van der Waals surface area contributed by atoms with Gasteiger partial charge in [-0.1, -0.05) is 86.2 Å². The third-order valence-corrected chi connectivity index (χ3v) is 30.5. The van der Waals surface area contributed by atoms with Crippen molar-refractivity contribution in [1.29, 1.82) is 0 Å². The number of hydrogen-bond acceptors (Lipinski definition) is 8. The predicted molar refractivity (Wildman–Crippen MR) is 218 cm³/mol. The molecule has 3 atom stereocenters. The van der Waals surface area contributed by atoms with Crippen LogP contribution in [0.25, 0.3) is 0 Å². The van der Waals surface area contributed by atoms with E-state index >= 15 is 0 Å². The van der Waals surface area contributed by atoms with E-state index in [0.29, 0.717) is 13.2 Å². The topological polar surface area (TPSA) is 73.8 Å². The third-order valence-electron chi connectivity index (χ3n) is 5.55. The van der Waals surface area contributed by atoms with Crippen molar-refractivity contribution in [3.8, 4) is 0 Å². The summed E-state index contributed by atoms with van der Waals surface area (Å²) in [6.07, 6.45) is 7.80. The molecule has 8 nitrogen and oxygen atoms in total. The molecule has 0 N–H and O–H groups in total. The summed E-state index contributed by atoms with van der Waals surface area (Å²) in [5.74, 6) is 0. The number of rotatable bonds is 23. The highest BCUT2D eigenvalue weighted by atomic mass is 28.5. The lowest BCUT2D eigenvalue weighted by Gasteiger charge is -2.39. The number of unbranched alkanes of at least 4 members (excludes halogenated alkanes) is 5. The minimum absolute atomic E-state index is 0.456. The van der Waals surface area contributed by atoms with Gasteiger partial charge in [0.25, 0.3) is 0 Å². The minimum atomic E-state index is -2.62. The zero-order valence-corrected chi connectivity index (χ0v) is 42.9. The second-order valence-corrected chi connectivity index (χ2v) is 37.9. The molecule has 0 saturated heterocycles. The molecule has 0 fully saturated rings. The van der Waals surface area contributed by atoms with Gasteiger partial charge in [-0.2, -0.15) is 0 Å². The van der Waals surface area contributed by atoms with Crippen LogP contribution in [0.2, 0.25) is 91.2 Å². The lowest BCUT2D eigenvalue weighted by molar-refractivity contribution is 0.162. The largest absolute Gasteiger partial charge is 0.478 e. The molecule has 0 radical (unpaired) electrons. The summed E-state index contributed by atoms with van der Waals surface area (Å²) in [7, 11) is -13.8. The van der Waals surface area contributed by atoms with E-state index in [4.69, 9.17) is 33.5 Å².